The Bertz CT molecular complexity index is 823. The van der Waals surface area contributed by atoms with Crippen LogP contribution < -0.4 is 0 Å². The molecule has 138 valence electrons. The fourth-order valence-electron chi connectivity index (χ4n) is 3.66. The van der Waals surface area contributed by atoms with Gasteiger partial charge in [0.2, 0.25) is 5.91 Å². The van der Waals surface area contributed by atoms with Gasteiger partial charge in [0, 0.05) is 42.2 Å². The number of rotatable bonds is 2. The van der Waals surface area contributed by atoms with Gasteiger partial charge in [-0.2, -0.15) is 0 Å². The average molecular weight is 376 g/mol. The molecule has 1 aromatic carbocycles. The predicted molar refractivity (Wildman–Crippen MR) is 97.8 cm³/mol. The first-order chi connectivity index (χ1) is 12.6. The summed E-state index contributed by atoms with van der Waals surface area (Å²) in [6.07, 6.45) is 1.36. The van der Waals surface area contributed by atoms with Crippen molar-refractivity contribution in [2.45, 2.75) is 12.8 Å². The maximum absolute atomic E-state index is 13.9. The summed E-state index contributed by atoms with van der Waals surface area (Å²) in [7, 11) is 0. The summed E-state index contributed by atoms with van der Waals surface area (Å²) in [6, 6.07) is 6.53. The largest absolute Gasteiger partial charge is 0.378 e. The van der Waals surface area contributed by atoms with Gasteiger partial charge in [-0.05, 0) is 31.0 Å². The second kappa shape index (κ2) is 7.32. The quantitative estimate of drug-likeness (QED) is 0.810. The molecule has 5 nitrogen and oxygen atoms in total. The van der Waals surface area contributed by atoms with Crippen LogP contribution in [0.5, 0.6) is 0 Å². The summed E-state index contributed by atoms with van der Waals surface area (Å²) in [5.41, 5.74) is 0. The number of nitrogens with zero attached hydrogens (tertiary/aromatic N) is 2. The minimum atomic E-state index is -0.299. The Kier molecular flexibility index (Phi) is 4.91. The molecule has 26 heavy (non-hydrogen) atoms. The maximum Gasteiger partial charge on any atom is 0.263 e. The number of hydrogen-bond donors (Lipinski definition) is 0. The van der Waals surface area contributed by atoms with Gasteiger partial charge < -0.3 is 14.5 Å². The number of amides is 2. The number of fused-ring (bicyclic) bond motifs is 1. The molecule has 2 aliphatic rings. The number of carbonyl (C=O) groups is 2. The third kappa shape index (κ3) is 3.33. The van der Waals surface area contributed by atoms with Crippen LogP contribution in [-0.2, 0) is 9.53 Å². The van der Waals surface area contributed by atoms with E-state index in [0.717, 1.165) is 4.70 Å². The molecule has 2 aromatic rings. The first-order valence-electron chi connectivity index (χ1n) is 8.97. The van der Waals surface area contributed by atoms with E-state index >= 15 is 0 Å². The number of carbonyl (C=O) groups excluding carboxylic acids is 2. The van der Waals surface area contributed by atoms with E-state index in [1.807, 2.05) is 11.0 Å². The van der Waals surface area contributed by atoms with Crippen molar-refractivity contribution in [3.05, 3.63) is 35.0 Å². The van der Waals surface area contributed by atoms with Gasteiger partial charge in [-0.25, -0.2) is 4.39 Å². The summed E-state index contributed by atoms with van der Waals surface area (Å²) in [6.45, 7) is 3.65. The van der Waals surface area contributed by atoms with E-state index in [-0.39, 0.29) is 23.5 Å². The molecule has 2 amide bonds. The third-order valence-electron chi connectivity index (χ3n) is 5.17. The minimum absolute atomic E-state index is 0.0167. The van der Waals surface area contributed by atoms with Crippen molar-refractivity contribution in [1.82, 2.24) is 9.80 Å². The molecule has 0 atom stereocenters. The fraction of sp³-hybridized carbons (Fsp3) is 0.474. The van der Waals surface area contributed by atoms with Crippen LogP contribution in [0.3, 0.4) is 0 Å². The van der Waals surface area contributed by atoms with Gasteiger partial charge in [-0.3, -0.25) is 9.59 Å². The van der Waals surface area contributed by atoms with Crippen molar-refractivity contribution in [2.75, 3.05) is 39.4 Å². The van der Waals surface area contributed by atoms with Gasteiger partial charge in [-0.1, -0.05) is 6.07 Å². The first kappa shape index (κ1) is 17.4. The van der Waals surface area contributed by atoms with Crippen LogP contribution >= 0.6 is 11.3 Å². The number of hydrogen-bond acceptors (Lipinski definition) is 4. The normalized spacial score (nSPS) is 19.1. The van der Waals surface area contributed by atoms with Gasteiger partial charge in [0.1, 0.15) is 5.82 Å². The highest BCUT2D eigenvalue weighted by molar-refractivity contribution is 7.20. The van der Waals surface area contributed by atoms with Crippen molar-refractivity contribution < 1.29 is 18.7 Å². The van der Waals surface area contributed by atoms with Crippen molar-refractivity contribution in [2.24, 2.45) is 5.92 Å². The summed E-state index contributed by atoms with van der Waals surface area (Å²) >= 11 is 1.32. The molecule has 0 spiro atoms. The van der Waals surface area contributed by atoms with Gasteiger partial charge in [0.15, 0.2) is 0 Å². The van der Waals surface area contributed by atoms with E-state index in [4.69, 9.17) is 4.74 Å². The van der Waals surface area contributed by atoms with Crippen molar-refractivity contribution in [3.63, 3.8) is 0 Å². The zero-order chi connectivity index (χ0) is 18.1. The molecule has 0 aliphatic carbocycles. The Balaban J connectivity index is 1.39. The van der Waals surface area contributed by atoms with E-state index in [9.17, 15) is 14.0 Å². The first-order valence-corrected chi connectivity index (χ1v) is 9.79. The lowest BCUT2D eigenvalue weighted by atomic mass is 9.95. The molecule has 0 radical (unpaired) electrons. The number of ether oxygens (including phenoxy) is 1. The number of thiophene rings is 1. The van der Waals surface area contributed by atoms with Crippen LogP contribution in [0.25, 0.3) is 10.1 Å². The number of benzene rings is 1. The Morgan fingerprint density at radius 3 is 2.50 bits per heavy atom. The van der Waals surface area contributed by atoms with E-state index in [0.29, 0.717) is 62.5 Å². The lowest BCUT2D eigenvalue weighted by Crippen LogP contribution is -2.47. The second-order valence-corrected chi connectivity index (χ2v) is 7.85. The molecule has 4 rings (SSSR count). The number of morpholine rings is 1. The minimum Gasteiger partial charge on any atom is -0.378 e. The van der Waals surface area contributed by atoms with Gasteiger partial charge in [-0.15, -0.1) is 11.3 Å². The highest BCUT2D eigenvalue weighted by atomic mass is 32.1. The molecule has 0 bridgehead atoms. The van der Waals surface area contributed by atoms with E-state index in [2.05, 4.69) is 0 Å². The molecule has 7 heteroatoms. The average Bonchev–Trinajstić information content (AvgIpc) is 3.13. The zero-order valence-electron chi connectivity index (χ0n) is 14.4. The Morgan fingerprint density at radius 2 is 1.81 bits per heavy atom. The monoisotopic (exact) mass is 376 g/mol. The highest BCUT2D eigenvalue weighted by Crippen LogP contribution is 2.30. The molecule has 1 aromatic heterocycles. The molecule has 0 unspecified atom stereocenters. The van der Waals surface area contributed by atoms with Crippen molar-refractivity contribution in [3.8, 4) is 0 Å². The molecule has 2 saturated heterocycles. The third-order valence-corrected chi connectivity index (χ3v) is 6.26. The number of halogens is 1. The zero-order valence-corrected chi connectivity index (χ0v) is 15.3. The standard InChI is InChI=1S/C19H21FN2O3S/c20-15-2-1-3-16-14(15)12-17(26-16)19(24)21-6-4-13(5-7-21)18(23)22-8-10-25-11-9-22/h1-3,12-13H,4-11H2. The van der Waals surface area contributed by atoms with Crippen LogP contribution in [0.15, 0.2) is 24.3 Å². The Hall–Kier alpha value is -1.99. The molecule has 2 aliphatic heterocycles. The van der Waals surface area contributed by atoms with E-state index in [1.165, 1.54) is 17.4 Å². The second-order valence-electron chi connectivity index (χ2n) is 6.77. The van der Waals surface area contributed by atoms with Crippen molar-refractivity contribution >= 4 is 33.2 Å². The van der Waals surface area contributed by atoms with Crippen molar-refractivity contribution in [1.29, 1.82) is 0 Å². The van der Waals surface area contributed by atoms with Crippen LogP contribution in [0.2, 0.25) is 0 Å². The summed E-state index contributed by atoms with van der Waals surface area (Å²) in [5.74, 6) is -0.197. The molecular weight excluding hydrogens is 355 g/mol. The van der Waals surface area contributed by atoms with Crippen LogP contribution in [-0.4, -0.2) is 61.0 Å². The van der Waals surface area contributed by atoms with Gasteiger partial charge >= 0.3 is 0 Å². The number of piperidine rings is 1. The predicted octanol–water partition coefficient (Wildman–Crippen LogP) is 2.75. The van der Waals surface area contributed by atoms with E-state index < -0.39 is 0 Å². The highest BCUT2D eigenvalue weighted by Gasteiger charge is 2.31. The Morgan fingerprint density at radius 1 is 1.08 bits per heavy atom. The smallest absolute Gasteiger partial charge is 0.263 e. The van der Waals surface area contributed by atoms with Gasteiger partial charge in [0.05, 0.1) is 18.1 Å². The SMILES string of the molecule is O=C(c1cc2c(F)cccc2s1)N1CCC(C(=O)N2CCOCC2)CC1. The number of likely N-dealkylation sites (tertiary alicyclic amines) is 1. The summed E-state index contributed by atoms with van der Waals surface area (Å²) in [4.78, 5) is 29.6. The van der Waals surface area contributed by atoms with Crippen LogP contribution in [0, 0.1) is 11.7 Å². The van der Waals surface area contributed by atoms with E-state index in [1.54, 1.807) is 17.0 Å². The molecular formula is C19H21FN2O3S. The lowest BCUT2D eigenvalue weighted by molar-refractivity contribution is -0.141. The summed E-state index contributed by atoms with van der Waals surface area (Å²) in [5, 5.41) is 0.498. The van der Waals surface area contributed by atoms with Gasteiger partial charge in [0.25, 0.3) is 5.91 Å². The maximum atomic E-state index is 13.9. The fourth-order valence-corrected chi connectivity index (χ4v) is 4.70. The van der Waals surface area contributed by atoms with Crippen LogP contribution in [0.4, 0.5) is 4.39 Å². The molecule has 2 fully saturated rings. The molecule has 0 saturated carbocycles. The van der Waals surface area contributed by atoms with Crippen LogP contribution in [0.1, 0.15) is 22.5 Å². The summed E-state index contributed by atoms with van der Waals surface area (Å²) < 4.78 is 19.9. The molecule has 3 heterocycles. The Labute approximate surface area is 155 Å². The molecule has 0 N–H and O–H groups in total. The topological polar surface area (TPSA) is 49.9 Å². The lowest BCUT2D eigenvalue weighted by Gasteiger charge is -2.35.